The zero-order valence-corrected chi connectivity index (χ0v) is 24.7. The van der Waals surface area contributed by atoms with Crippen LogP contribution >= 0.6 is 11.6 Å². The Labute approximate surface area is 257 Å². The molecule has 1 fully saturated rings. The molecule has 1 aliphatic heterocycles. The molecule has 1 aliphatic carbocycles. The number of halogens is 2. The molecule has 10 heteroatoms. The van der Waals surface area contributed by atoms with E-state index in [1.165, 1.54) is 6.07 Å². The summed E-state index contributed by atoms with van der Waals surface area (Å²) in [7, 11) is 0. The normalized spacial score (nSPS) is 19.3. The molecule has 44 heavy (non-hydrogen) atoms. The third-order valence-corrected chi connectivity index (χ3v) is 9.71. The number of hydrogen-bond acceptors (Lipinski definition) is 5. The molecule has 3 aromatic heterocycles. The topological polar surface area (TPSA) is 112 Å². The van der Waals surface area contributed by atoms with Crippen LogP contribution in [-0.4, -0.2) is 49.8 Å². The third-order valence-electron chi connectivity index (χ3n) is 9.41. The summed E-state index contributed by atoms with van der Waals surface area (Å²) in [6, 6.07) is 12.3. The van der Waals surface area contributed by atoms with Crippen LogP contribution in [0.2, 0.25) is 5.02 Å². The maximum Gasteiger partial charge on any atom is 0.251 e. The summed E-state index contributed by atoms with van der Waals surface area (Å²) >= 11 is 6.60. The van der Waals surface area contributed by atoms with Crippen LogP contribution in [0.5, 0.6) is 0 Å². The second-order valence-corrected chi connectivity index (χ2v) is 12.4. The number of pyridine rings is 2. The minimum Gasteiger partial charge on any atom is -0.343 e. The molecule has 2 atom stereocenters. The molecule has 4 heterocycles. The van der Waals surface area contributed by atoms with Crippen LogP contribution in [0.1, 0.15) is 47.4 Å². The lowest BCUT2D eigenvalue weighted by Crippen LogP contribution is -2.40. The number of rotatable bonds is 5. The van der Waals surface area contributed by atoms with E-state index in [9.17, 15) is 18.8 Å². The summed E-state index contributed by atoms with van der Waals surface area (Å²) in [4.78, 5) is 49.2. The zero-order valence-electron chi connectivity index (χ0n) is 24.0. The summed E-state index contributed by atoms with van der Waals surface area (Å²) in [6.07, 6.45) is 8.12. The number of hydrogen-bond donors (Lipinski definition) is 2. The third kappa shape index (κ3) is 5.30. The first-order chi connectivity index (χ1) is 21.4. The molecule has 2 N–H and O–H groups in total. The Morgan fingerprint density at radius 1 is 1.02 bits per heavy atom. The van der Waals surface area contributed by atoms with Crippen molar-refractivity contribution in [2.24, 2.45) is 11.8 Å². The molecule has 5 aromatic rings. The molecule has 2 aliphatic rings. The van der Waals surface area contributed by atoms with E-state index in [-0.39, 0.29) is 41.0 Å². The van der Waals surface area contributed by atoms with Gasteiger partial charge in [0.2, 0.25) is 5.91 Å². The van der Waals surface area contributed by atoms with E-state index in [0.29, 0.717) is 61.2 Å². The molecule has 7 rings (SSSR count). The van der Waals surface area contributed by atoms with Gasteiger partial charge in [-0.15, -0.1) is 0 Å². The van der Waals surface area contributed by atoms with Crippen molar-refractivity contribution in [1.82, 2.24) is 25.1 Å². The largest absolute Gasteiger partial charge is 0.343 e. The number of piperidine rings is 1. The highest BCUT2D eigenvalue weighted by atomic mass is 35.5. The number of nitrogens with zero attached hydrogens (tertiary/aromatic N) is 3. The molecule has 224 valence electrons. The van der Waals surface area contributed by atoms with Crippen molar-refractivity contribution in [2.45, 2.75) is 44.4 Å². The number of para-hydroxylation sites is 1. The number of carbonyl (C=O) groups excluding carboxylic acids is 2. The van der Waals surface area contributed by atoms with E-state index in [0.717, 1.165) is 27.6 Å². The summed E-state index contributed by atoms with van der Waals surface area (Å²) in [5.41, 5.74) is 4.36. The SMILES string of the molecule is O=C1C(Cc2ccncc2)Cc2c(cc(Cl)c3[nH]ncc23)C[C@H]1CC(=O)N1CCC(c2cc3cccc(F)c3[nH]c2=O)CC1. The highest BCUT2D eigenvalue weighted by molar-refractivity contribution is 6.35. The molecule has 8 nitrogen and oxygen atoms in total. The Balaban J connectivity index is 1.10. The predicted molar refractivity (Wildman–Crippen MR) is 166 cm³/mol. The molecule has 0 radical (unpaired) electrons. The lowest BCUT2D eigenvalue weighted by atomic mass is 9.84. The van der Waals surface area contributed by atoms with Crippen LogP contribution in [0.3, 0.4) is 0 Å². The van der Waals surface area contributed by atoms with Gasteiger partial charge in [0.15, 0.2) is 0 Å². The van der Waals surface area contributed by atoms with Gasteiger partial charge in [-0.25, -0.2) is 4.39 Å². The first-order valence-corrected chi connectivity index (χ1v) is 15.4. The Bertz CT molecular complexity index is 1950. The number of H-pyrrole nitrogens is 2. The van der Waals surface area contributed by atoms with Crippen LogP contribution in [0.25, 0.3) is 21.8 Å². The van der Waals surface area contributed by atoms with Crippen LogP contribution in [0.15, 0.2) is 65.8 Å². The molecule has 0 spiro atoms. The standard InChI is InChI=1S/C34H31ClFN5O3/c35-28-16-22-13-24(33(43)23(12-19-4-8-37-9-5-19)15-25(22)27-18-38-40-32(27)28)17-30(42)41-10-6-20(7-11-41)26-14-21-2-1-3-29(36)31(21)39-34(26)44/h1-5,8-9,14,16,18,20,23-24H,6-7,10-13,15,17H2,(H,38,40)(H,39,44)/t23?,24-/m0/s1. The van der Waals surface area contributed by atoms with Gasteiger partial charge in [0.05, 0.1) is 22.3 Å². The molecular formula is C34H31ClFN5O3. The van der Waals surface area contributed by atoms with Gasteiger partial charge in [-0.3, -0.25) is 24.5 Å². The fraction of sp³-hybridized carbons (Fsp3) is 0.324. The van der Waals surface area contributed by atoms with E-state index in [1.807, 2.05) is 23.1 Å². The van der Waals surface area contributed by atoms with Crippen molar-refractivity contribution < 1.29 is 14.0 Å². The number of aromatic nitrogens is 4. The van der Waals surface area contributed by atoms with Gasteiger partial charge in [0.1, 0.15) is 11.6 Å². The first-order valence-electron chi connectivity index (χ1n) is 15.0. The minimum atomic E-state index is -0.480. The van der Waals surface area contributed by atoms with Gasteiger partial charge in [-0.1, -0.05) is 23.7 Å². The predicted octanol–water partition coefficient (Wildman–Crippen LogP) is 5.53. The average Bonchev–Trinajstić information content (AvgIpc) is 3.49. The fourth-order valence-corrected chi connectivity index (χ4v) is 7.37. The Morgan fingerprint density at radius 2 is 1.82 bits per heavy atom. The van der Waals surface area contributed by atoms with Gasteiger partial charge in [0.25, 0.3) is 5.56 Å². The van der Waals surface area contributed by atoms with Gasteiger partial charge in [-0.05, 0) is 85.0 Å². The maximum atomic E-state index is 14.2. The van der Waals surface area contributed by atoms with Crippen LogP contribution in [0.4, 0.5) is 4.39 Å². The summed E-state index contributed by atoms with van der Waals surface area (Å²) in [6.45, 7) is 0.979. The molecule has 1 saturated heterocycles. The number of nitrogens with one attached hydrogen (secondary N) is 2. The number of amides is 1. The molecule has 1 amide bonds. The fourth-order valence-electron chi connectivity index (χ4n) is 7.10. The summed E-state index contributed by atoms with van der Waals surface area (Å²) in [5.74, 6) is -1.24. The van der Waals surface area contributed by atoms with Gasteiger partial charge in [0, 0.05) is 60.1 Å². The van der Waals surface area contributed by atoms with Crippen LogP contribution < -0.4 is 5.56 Å². The van der Waals surface area contributed by atoms with Gasteiger partial charge in [-0.2, -0.15) is 5.10 Å². The number of likely N-dealkylation sites (tertiary alicyclic amines) is 1. The number of carbonyl (C=O) groups is 2. The number of aromatic amines is 2. The molecule has 2 aromatic carbocycles. The van der Waals surface area contributed by atoms with Crippen molar-refractivity contribution in [3.63, 3.8) is 0 Å². The average molecular weight is 612 g/mol. The van der Waals surface area contributed by atoms with Crippen molar-refractivity contribution in [3.05, 3.63) is 105 Å². The second kappa shape index (κ2) is 11.6. The van der Waals surface area contributed by atoms with E-state index in [4.69, 9.17) is 11.6 Å². The van der Waals surface area contributed by atoms with Crippen LogP contribution in [0, 0.1) is 17.7 Å². The Kier molecular flexibility index (Phi) is 7.50. The number of Topliss-reactive ketones (excluding diaryl/α,β-unsaturated/α-hetero) is 1. The second-order valence-electron chi connectivity index (χ2n) is 12.0. The Hall–Kier alpha value is -4.37. The number of benzene rings is 2. The number of fused-ring (bicyclic) bond motifs is 4. The lowest BCUT2D eigenvalue weighted by Gasteiger charge is -2.33. The Morgan fingerprint density at radius 3 is 2.61 bits per heavy atom. The smallest absolute Gasteiger partial charge is 0.251 e. The molecule has 1 unspecified atom stereocenters. The van der Waals surface area contributed by atoms with Gasteiger partial charge < -0.3 is 9.88 Å². The summed E-state index contributed by atoms with van der Waals surface area (Å²) < 4.78 is 14.2. The van der Waals surface area contributed by atoms with Crippen molar-refractivity contribution in [3.8, 4) is 0 Å². The lowest BCUT2D eigenvalue weighted by molar-refractivity contribution is -0.137. The first kappa shape index (κ1) is 28.4. The van der Waals surface area contributed by atoms with E-state index < -0.39 is 11.7 Å². The summed E-state index contributed by atoms with van der Waals surface area (Å²) in [5, 5.41) is 9.30. The number of ketones is 1. The van der Waals surface area contributed by atoms with E-state index >= 15 is 0 Å². The van der Waals surface area contributed by atoms with Gasteiger partial charge >= 0.3 is 0 Å². The van der Waals surface area contributed by atoms with E-state index in [1.54, 1.807) is 36.8 Å². The zero-order chi connectivity index (χ0) is 30.4. The minimum absolute atomic E-state index is 0.0360. The van der Waals surface area contributed by atoms with Crippen LogP contribution in [-0.2, 0) is 28.9 Å². The highest BCUT2D eigenvalue weighted by Gasteiger charge is 2.36. The molecule has 0 saturated carbocycles. The van der Waals surface area contributed by atoms with Crippen molar-refractivity contribution >= 4 is 45.1 Å². The molecule has 0 bridgehead atoms. The monoisotopic (exact) mass is 611 g/mol. The van der Waals surface area contributed by atoms with Crippen molar-refractivity contribution in [1.29, 1.82) is 0 Å². The quantitative estimate of drug-likeness (QED) is 0.254. The van der Waals surface area contributed by atoms with Crippen molar-refractivity contribution in [2.75, 3.05) is 13.1 Å². The maximum absolute atomic E-state index is 14.2. The highest BCUT2D eigenvalue weighted by Crippen LogP contribution is 2.37. The van der Waals surface area contributed by atoms with E-state index in [2.05, 4.69) is 20.2 Å². The molecular weight excluding hydrogens is 581 g/mol.